The van der Waals surface area contributed by atoms with Gasteiger partial charge in [0.15, 0.2) is 17.3 Å². The van der Waals surface area contributed by atoms with Crippen LogP contribution in [0.1, 0.15) is 55.6 Å². The number of rotatable bonds is 4. The molecule has 0 unspecified atom stereocenters. The summed E-state index contributed by atoms with van der Waals surface area (Å²) in [6.45, 7) is 6.68. The maximum absolute atomic E-state index is 14.3. The molecule has 1 aromatic heterocycles. The van der Waals surface area contributed by atoms with E-state index in [1.54, 1.807) is 20.8 Å². The molecule has 0 saturated carbocycles. The number of benzene rings is 3. The van der Waals surface area contributed by atoms with E-state index in [2.05, 4.69) is 4.98 Å². The Labute approximate surface area is 232 Å². The third-order valence-electron chi connectivity index (χ3n) is 7.75. The molecule has 6 rings (SSSR count). The molecule has 2 amide bonds. The third-order valence-corrected chi connectivity index (χ3v) is 7.75. The normalized spacial score (nSPS) is 23.4. The molecule has 3 heterocycles. The van der Waals surface area contributed by atoms with Crippen LogP contribution in [0.4, 0.5) is 4.79 Å². The highest BCUT2D eigenvalue weighted by Crippen LogP contribution is 2.50. The second kappa shape index (κ2) is 9.43. The van der Waals surface area contributed by atoms with Crippen molar-refractivity contribution in [3.05, 3.63) is 102 Å². The van der Waals surface area contributed by atoms with Crippen molar-refractivity contribution in [1.29, 1.82) is 0 Å². The Morgan fingerprint density at radius 3 is 2.30 bits per heavy atom. The molecule has 0 radical (unpaired) electrons. The SMILES string of the molecule is Cc1nc2c(o1)-c1ccccc1[C@@H]1N(C(=O)OC1(C)C)C(=O)[C@@](C)(OCc1ccc(-c3ccccc3)cc1)[C@H]2O. The number of aliphatic hydroxyl groups is 1. The van der Waals surface area contributed by atoms with Gasteiger partial charge < -0.3 is 19.0 Å². The fourth-order valence-corrected chi connectivity index (χ4v) is 5.64. The third kappa shape index (κ3) is 4.11. The molecule has 3 aromatic carbocycles. The lowest BCUT2D eigenvalue weighted by molar-refractivity contribution is -0.175. The number of nitrogens with zero attached hydrogens (tertiary/aromatic N) is 2. The fourth-order valence-electron chi connectivity index (χ4n) is 5.64. The Morgan fingerprint density at radius 1 is 0.925 bits per heavy atom. The molecule has 1 N–H and O–H groups in total. The minimum absolute atomic E-state index is 0.00440. The number of amides is 2. The Morgan fingerprint density at radius 2 is 1.57 bits per heavy atom. The summed E-state index contributed by atoms with van der Waals surface area (Å²) in [5.41, 5.74) is 1.41. The van der Waals surface area contributed by atoms with Crippen LogP contribution >= 0.6 is 0 Å². The number of carbonyl (C=O) groups excluding carboxylic acids is 2. The van der Waals surface area contributed by atoms with Crippen LogP contribution in [-0.2, 0) is 20.9 Å². The number of fused-ring (bicyclic) bond motifs is 5. The monoisotopic (exact) mass is 538 g/mol. The molecule has 8 heteroatoms. The molecular weight excluding hydrogens is 508 g/mol. The number of aliphatic hydroxyl groups excluding tert-OH is 1. The van der Waals surface area contributed by atoms with E-state index in [0.717, 1.165) is 21.6 Å². The van der Waals surface area contributed by atoms with Crippen LogP contribution < -0.4 is 0 Å². The van der Waals surface area contributed by atoms with E-state index < -0.39 is 35.3 Å². The average Bonchev–Trinajstić information content (AvgIpc) is 3.46. The van der Waals surface area contributed by atoms with Gasteiger partial charge in [-0.1, -0.05) is 78.9 Å². The van der Waals surface area contributed by atoms with Gasteiger partial charge in [0.1, 0.15) is 23.4 Å². The molecule has 0 spiro atoms. The van der Waals surface area contributed by atoms with Crippen LogP contribution in [0.2, 0.25) is 0 Å². The lowest BCUT2D eigenvalue weighted by atomic mass is 9.87. The topological polar surface area (TPSA) is 102 Å². The van der Waals surface area contributed by atoms with E-state index in [-0.39, 0.29) is 12.3 Å². The zero-order valence-electron chi connectivity index (χ0n) is 22.8. The van der Waals surface area contributed by atoms with Crippen LogP contribution in [0.25, 0.3) is 22.5 Å². The van der Waals surface area contributed by atoms with Crippen molar-refractivity contribution >= 4 is 12.0 Å². The molecule has 2 aliphatic heterocycles. The van der Waals surface area contributed by atoms with Gasteiger partial charge >= 0.3 is 6.09 Å². The number of aromatic nitrogens is 1. The first-order chi connectivity index (χ1) is 19.1. The lowest BCUT2D eigenvalue weighted by Gasteiger charge is -2.36. The van der Waals surface area contributed by atoms with Gasteiger partial charge in [0.05, 0.1) is 6.61 Å². The van der Waals surface area contributed by atoms with E-state index in [4.69, 9.17) is 13.9 Å². The maximum atomic E-state index is 14.3. The molecule has 3 atom stereocenters. The van der Waals surface area contributed by atoms with Crippen LogP contribution in [0.5, 0.6) is 0 Å². The van der Waals surface area contributed by atoms with Gasteiger partial charge in [-0.15, -0.1) is 0 Å². The summed E-state index contributed by atoms with van der Waals surface area (Å²) in [7, 11) is 0. The predicted molar refractivity (Wildman–Crippen MR) is 147 cm³/mol. The Balaban J connectivity index is 1.43. The smallest absolute Gasteiger partial charge is 0.417 e. The lowest BCUT2D eigenvalue weighted by Crippen LogP contribution is -2.54. The Kier molecular flexibility index (Phi) is 6.12. The average molecular weight is 539 g/mol. The standard InChI is InChI=1S/C32H30N2O6/c1-19-33-25-26(39-19)23-12-8-9-13-24(23)27-31(2,3)40-30(37)34(27)29(36)32(4,28(25)35)38-18-20-14-16-22(17-15-20)21-10-6-5-7-11-21/h5-17,27-28,35H,18H2,1-4H3/t27-,28-,32-/m0/s1. The summed E-state index contributed by atoms with van der Waals surface area (Å²) < 4.78 is 18.0. The van der Waals surface area contributed by atoms with E-state index in [9.17, 15) is 14.7 Å². The summed E-state index contributed by atoms with van der Waals surface area (Å²) in [6.07, 6.45) is -2.34. The molecular formula is C32H30N2O6. The van der Waals surface area contributed by atoms with Crippen LogP contribution in [0.15, 0.2) is 83.3 Å². The first kappa shape index (κ1) is 26.0. The summed E-state index contributed by atoms with van der Waals surface area (Å²) in [5.74, 6) is -0.0576. The molecule has 2 aliphatic rings. The number of ether oxygens (including phenoxy) is 2. The Bertz CT molecular complexity index is 1590. The Hall–Kier alpha value is -4.27. The molecule has 8 nitrogen and oxygen atoms in total. The number of oxazole rings is 1. The van der Waals surface area contributed by atoms with Gasteiger partial charge in [0.2, 0.25) is 0 Å². The quantitative estimate of drug-likeness (QED) is 0.333. The van der Waals surface area contributed by atoms with E-state index in [0.29, 0.717) is 22.8 Å². The van der Waals surface area contributed by atoms with Crippen LogP contribution in [-0.4, -0.2) is 38.2 Å². The van der Waals surface area contributed by atoms with Crippen molar-refractivity contribution in [2.75, 3.05) is 0 Å². The fraction of sp³-hybridized carbons (Fsp3) is 0.281. The summed E-state index contributed by atoms with van der Waals surface area (Å²) in [5, 5.41) is 11.8. The van der Waals surface area contributed by atoms with Gasteiger partial charge in [0.25, 0.3) is 5.91 Å². The van der Waals surface area contributed by atoms with Crippen LogP contribution in [0, 0.1) is 6.92 Å². The van der Waals surface area contributed by atoms with E-state index >= 15 is 0 Å². The first-order valence-electron chi connectivity index (χ1n) is 13.2. The maximum Gasteiger partial charge on any atom is 0.417 e. The molecule has 0 aliphatic carbocycles. The highest BCUT2D eigenvalue weighted by Gasteiger charge is 2.59. The largest absolute Gasteiger partial charge is 0.441 e. The molecule has 40 heavy (non-hydrogen) atoms. The molecule has 4 aromatic rings. The summed E-state index contributed by atoms with van der Waals surface area (Å²) in [4.78, 5) is 33.1. The van der Waals surface area contributed by atoms with Gasteiger partial charge in [-0.25, -0.2) is 14.7 Å². The highest BCUT2D eigenvalue weighted by molar-refractivity contribution is 6.00. The minimum Gasteiger partial charge on any atom is -0.441 e. The molecule has 204 valence electrons. The zero-order chi connectivity index (χ0) is 28.2. The predicted octanol–water partition coefficient (Wildman–Crippen LogP) is 6.14. The van der Waals surface area contributed by atoms with E-state index in [1.165, 1.54) is 6.92 Å². The van der Waals surface area contributed by atoms with Crippen LogP contribution in [0.3, 0.4) is 0 Å². The van der Waals surface area contributed by atoms with Crippen molar-refractivity contribution in [3.8, 4) is 22.5 Å². The van der Waals surface area contributed by atoms with Crippen molar-refractivity contribution in [2.24, 2.45) is 0 Å². The number of cyclic esters (lactones) is 1. The molecule has 1 saturated heterocycles. The van der Waals surface area contributed by atoms with Gasteiger partial charge in [-0.05, 0) is 43.0 Å². The van der Waals surface area contributed by atoms with Crippen molar-refractivity contribution in [3.63, 3.8) is 0 Å². The second-order valence-corrected chi connectivity index (χ2v) is 10.9. The summed E-state index contributed by atoms with van der Waals surface area (Å²) >= 11 is 0. The highest BCUT2D eigenvalue weighted by atomic mass is 16.6. The van der Waals surface area contributed by atoms with Crippen molar-refractivity contribution in [2.45, 2.75) is 57.6 Å². The number of hydrogen-bond donors (Lipinski definition) is 1. The second-order valence-electron chi connectivity index (χ2n) is 10.9. The number of aryl methyl sites for hydroxylation is 1. The molecule has 0 bridgehead atoms. The number of carbonyl (C=O) groups is 2. The number of imide groups is 1. The van der Waals surface area contributed by atoms with Crippen molar-refractivity contribution in [1.82, 2.24) is 9.88 Å². The first-order valence-corrected chi connectivity index (χ1v) is 13.2. The van der Waals surface area contributed by atoms with Gasteiger partial charge in [-0.3, -0.25) is 4.79 Å². The van der Waals surface area contributed by atoms with Gasteiger partial charge in [0, 0.05) is 12.5 Å². The van der Waals surface area contributed by atoms with Crippen molar-refractivity contribution < 1.29 is 28.6 Å². The molecule has 1 fully saturated rings. The minimum atomic E-state index is -1.89. The number of hydrogen-bond acceptors (Lipinski definition) is 7. The summed E-state index contributed by atoms with van der Waals surface area (Å²) in [6, 6.07) is 24.3. The van der Waals surface area contributed by atoms with Gasteiger partial charge in [-0.2, -0.15) is 0 Å². The van der Waals surface area contributed by atoms with E-state index in [1.807, 2.05) is 78.9 Å². The zero-order valence-corrected chi connectivity index (χ0v) is 22.8.